The molecule has 0 saturated heterocycles. The van der Waals surface area contributed by atoms with E-state index < -0.39 is 0 Å². The summed E-state index contributed by atoms with van der Waals surface area (Å²) in [5, 5.41) is 3.46. The van der Waals surface area contributed by atoms with Crippen LogP contribution in [0.25, 0.3) is 0 Å². The zero-order chi connectivity index (χ0) is 20.5. The average molecular weight is 401 g/mol. The van der Waals surface area contributed by atoms with Crippen molar-refractivity contribution in [3.8, 4) is 0 Å². The number of halogens is 1. The van der Waals surface area contributed by atoms with E-state index in [2.05, 4.69) is 11.9 Å². The van der Waals surface area contributed by atoms with E-state index in [1.807, 2.05) is 50.2 Å². The van der Waals surface area contributed by atoms with Gasteiger partial charge in [0.25, 0.3) is 11.8 Å². The second-order valence-corrected chi connectivity index (χ2v) is 7.03. The van der Waals surface area contributed by atoms with Gasteiger partial charge in [0.1, 0.15) is 0 Å². The smallest absolute Gasteiger partial charge is 0.282 e. The number of para-hydroxylation sites is 1. The molecule has 0 bridgehead atoms. The van der Waals surface area contributed by atoms with Crippen molar-refractivity contribution >= 4 is 34.8 Å². The number of rotatable bonds is 9. The van der Waals surface area contributed by atoms with Gasteiger partial charge in [-0.05, 0) is 43.7 Å². The van der Waals surface area contributed by atoms with Gasteiger partial charge in [-0.3, -0.25) is 9.59 Å². The van der Waals surface area contributed by atoms with Crippen LogP contribution in [0.3, 0.4) is 0 Å². The van der Waals surface area contributed by atoms with E-state index in [4.69, 9.17) is 11.6 Å². The Morgan fingerprint density at radius 2 is 1.89 bits per heavy atom. The first-order chi connectivity index (χ1) is 13.4. The summed E-state index contributed by atoms with van der Waals surface area (Å²) in [6.07, 6.45) is 1.70. The van der Waals surface area contributed by atoms with E-state index in [0.29, 0.717) is 23.8 Å². The maximum atomic E-state index is 12.8. The summed E-state index contributed by atoms with van der Waals surface area (Å²) in [5.74, 6) is -0.195. The van der Waals surface area contributed by atoms with Crippen LogP contribution in [0.2, 0.25) is 5.02 Å². The third-order valence-corrected chi connectivity index (χ3v) is 4.70. The van der Waals surface area contributed by atoms with Gasteiger partial charge in [-0.25, -0.2) is 0 Å². The van der Waals surface area contributed by atoms with Crippen LogP contribution < -0.4 is 15.1 Å². The molecule has 5 nitrogen and oxygen atoms in total. The molecular weight excluding hydrogens is 374 g/mol. The fourth-order valence-corrected chi connectivity index (χ4v) is 3.03. The molecule has 28 heavy (non-hydrogen) atoms. The predicted octanol–water partition coefficient (Wildman–Crippen LogP) is 2.71. The Bertz CT molecular complexity index is 824. The summed E-state index contributed by atoms with van der Waals surface area (Å²) in [7, 11) is 0. The van der Waals surface area contributed by atoms with Crippen molar-refractivity contribution in [1.29, 1.82) is 0 Å². The Balaban J connectivity index is 2.01. The fraction of sp³-hybridized carbons (Fsp3) is 0.273. The Kier molecular flexibility index (Phi) is 8.23. The molecule has 1 atom stereocenters. The normalized spacial score (nSPS) is 11.5. The number of quaternary nitrogens is 1. The van der Waals surface area contributed by atoms with Crippen molar-refractivity contribution < 1.29 is 14.5 Å². The summed E-state index contributed by atoms with van der Waals surface area (Å²) >= 11 is 6.01. The van der Waals surface area contributed by atoms with Crippen LogP contribution in [0.5, 0.6) is 0 Å². The summed E-state index contributed by atoms with van der Waals surface area (Å²) in [4.78, 5) is 27.9. The standard InChI is InChI=1S/C22H26ClN3O2/c1-4-13-26(19-9-7-6-8-10-19)22(28)16-25(5-2)15-21(27)24-20-14-18(23)12-11-17(20)3/h4,6-12,14H,1,5,13,15-16H2,2-3H3,(H,24,27)/p+1. The minimum Gasteiger partial charge on any atom is -0.321 e. The van der Waals surface area contributed by atoms with Gasteiger partial charge in [-0.2, -0.15) is 0 Å². The zero-order valence-corrected chi connectivity index (χ0v) is 17.1. The molecule has 0 saturated carbocycles. The fourth-order valence-electron chi connectivity index (χ4n) is 2.86. The maximum absolute atomic E-state index is 12.8. The SMILES string of the molecule is C=CCN(C(=O)C[NH+](CC)CC(=O)Nc1cc(Cl)ccc1C)c1ccccc1. The second kappa shape index (κ2) is 10.6. The van der Waals surface area contributed by atoms with E-state index >= 15 is 0 Å². The molecule has 0 aliphatic rings. The minimum absolute atomic E-state index is 0.0466. The van der Waals surface area contributed by atoms with Gasteiger partial charge in [0.15, 0.2) is 13.1 Å². The number of carbonyl (C=O) groups excluding carboxylic acids is 2. The Hall–Kier alpha value is -2.63. The lowest BCUT2D eigenvalue weighted by Gasteiger charge is -2.24. The van der Waals surface area contributed by atoms with Gasteiger partial charge in [0, 0.05) is 22.9 Å². The molecule has 0 spiro atoms. The predicted molar refractivity (Wildman–Crippen MR) is 115 cm³/mol. The summed E-state index contributed by atoms with van der Waals surface area (Å²) < 4.78 is 0. The number of aryl methyl sites for hydroxylation is 1. The van der Waals surface area contributed by atoms with Crippen LogP contribution in [-0.4, -0.2) is 38.0 Å². The molecule has 2 amide bonds. The third-order valence-electron chi connectivity index (χ3n) is 4.47. The van der Waals surface area contributed by atoms with Gasteiger partial charge in [0.05, 0.1) is 6.54 Å². The molecule has 0 radical (unpaired) electrons. The first kappa shape index (κ1) is 21.7. The highest BCUT2D eigenvalue weighted by Crippen LogP contribution is 2.19. The molecule has 2 rings (SSSR count). The number of benzene rings is 2. The number of anilines is 2. The number of hydrogen-bond acceptors (Lipinski definition) is 2. The summed E-state index contributed by atoms with van der Waals surface area (Å²) in [6, 6.07) is 14.8. The molecule has 148 valence electrons. The number of nitrogens with one attached hydrogen (secondary N) is 2. The lowest BCUT2D eigenvalue weighted by Crippen LogP contribution is -3.14. The lowest BCUT2D eigenvalue weighted by molar-refractivity contribution is -0.881. The number of hydrogen-bond donors (Lipinski definition) is 2. The van der Waals surface area contributed by atoms with Crippen LogP contribution in [0.1, 0.15) is 12.5 Å². The van der Waals surface area contributed by atoms with Crippen molar-refractivity contribution in [3.05, 3.63) is 71.8 Å². The zero-order valence-electron chi connectivity index (χ0n) is 16.4. The quantitative estimate of drug-likeness (QED) is 0.636. The van der Waals surface area contributed by atoms with Crippen molar-refractivity contribution in [2.75, 3.05) is 36.4 Å². The van der Waals surface area contributed by atoms with Gasteiger partial charge < -0.3 is 15.1 Å². The van der Waals surface area contributed by atoms with E-state index in [0.717, 1.165) is 16.2 Å². The number of nitrogens with zero attached hydrogens (tertiary/aromatic N) is 1. The highest BCUT2D eigenvalue weighted by Gasteiger charge is 2.22. The first-order valence-corrected chi connectivity index (χ1v) is 9.68. The highest BCUT2D eigenvalue weighted by atomic mass is 35.5. The van der Waals surface area contributed by atoms with Gasteiger partial charge in [-0.15, -0.1) is 6.58 Å². The monoisotopic (exact) mass is 400 g/mol. The van der Waals surface area contributed by atoms with E-state index in [1.165, 1.54) is 0 Å². The molecule has 0 aliphatic heterocycles. The summed E-state index contributed by atoms with van der Waals surface area (Å²) in [6.45, 7) is 9.12. The minimum atomic E-state index is -0.148. The van der Waals surface area contributed by atoms with Crippen molar-refractivity contribution in [2.45, 2.75) is 13.8 Å². The average Bonchev–Trinajstić information content (AvgIpc) is 2.68. The van der Waals surface area contributed by atoms with Crippen LogP contribution in [0, 0.1) is 6.92 Å². The molecule has 6 heteroatoms. The summed E-state index contributed by atoms with van der Waals surface area (Å²) in [5.41, 5.74) is 2.45. The van der Waals surface area contributed by atoms with E-state index in [9.17, 15) is 9.59 Å². The van der Waals surface area contributed by atoms with Gasteiger partial charge >= 0.3 is 0 Å². The van der Waals surface area contributed by atoms with Gasteiger partial charge in [-0.1, -0.05) is 41.9 Å². The first-order valence-electron chi connectivity index (χ1n) is 9.30. The Morgan fingerprint density at radius 3 is 2.54 bits per heavy atom. The molecule has 0 heterocycles. The number of likely N-dealkylation sites (N-methyl/N-ethyl adjacent to an activating group) is 1. The van der Waals surface area contributed by atoms with Crippen LogP contribution in [-0.2, 0) is 9.59 Å². The Labute approximate surface area is 171 Å². The molecule has 2 N–H and O–H groups in total. The van der Waals surface area contributed by atoms with Crippen molar-refractivity contribution in [3.63, 3.8) is 0 Å². The highest BCUT2D eigenvalue weighted by molar-refractivity contribution is 6.31. The van der Waals surface area contributed by atoms with Crippen molar-refractivity contribution in [1.82, 2.24) is 0 Å². The molecule has 0 aliphatic carbocycles. The molecule has 1 unspecified atom stereocenters. The number of carbonyl (C=O) groups is 2. The second-order valence-electron chi connectivity index (χ2n) is 6.59. The van der Waals surface area contributed by atoms with Crippen LogP contribution in [0.15, 0.2) is 61.2 Å². The number of amides is 2. The largest absolute Gasteiger partial charge is 0.321 e. The topological polar surface area (TPSA) is 53.9 Å². The van der Waals surface area contributed by atoms with Crippen molar-refractivity contribution in [2.24, 2.45) is 0 Å². The van der Waals surface area contributed by atoms with E-state index in [1.54, 1.807) is 23.1 Å². The lowest BCUT2D eigenvalue weighted by atomic mass is 10.2. The van der Waals surface area contributed by atoms with E-state index in [-0.39, 0.29) is 24.9 Å². The van der Waals surface area contributed by atoms with Crippen LogP contribution in [0.4, 0.5) is 11.4 Å². The third kappa shape index (κ3) is 6.22. The molecule has 2 aromatic rings. The van der Waals surface area contributed by atoms with Gasteiger partial charge in [0.2, 0.25) is 0 Å². The Morgan fingerprint density at radius 1 is 1.18 bits per heavy atom. The molecule has 0 fully saturated rings. The molecule has 2 aromatic carbocycles. The molecular formula is C22H27ClN3O2+. The maximum Gasteiger partial charge on any atom is 0.282 e. The molecule has 0 aromatic heterocycles. The van der Waals surface area contributed by atoms with Crippen LogP contribution >= 0.6 is 11.6 Å².